The van der Waals surface area contributed by atoms with Gasteiger partial charge in [0.25, 0.3) is 0 Å². The molecular weight excluding hydrogens is 374 g/mol. The molecule has 0 aliphatic rings. The summed E-state index contributed by atoms with van der Waals surface area (Å²) in [6.45, 7) is 3.18. The molecule has 3 aromatic carbocycles. The molecule has 0 fully saturated rings. The first-order valence-corrected chi connectivity index (χ1v) is 10.6. The van der Waals surface area contributed by atoms with E-state index in [1.807, 2.05) is 19.1 Å². The van der Waals surface area contributed by atoms with Crippen LogP contribution in [0.4, 0.5) is 0 Å². The number of para-hydroxylation sites is 2. The number of aromatic nitrogens is 1. The second-order valence-electron chi connectivity index (χ2n) is 7.59. The first-order valence-electron chi connectivity index (χ1n) is 10.6. The number of aliphatic carboxylic acids is 1. The van der Waals surface area contributed by atoms with Crippen molar-refractivity contribution in [1.82, 2.24) is 4.57 Å². The zero-order chi connectivity index (χ0) is 20.9. The molecule has 0 aliphatic carbocycles. The minimum absolute atomic E-state index is 0.394. The van der Waals surface area contributed by atoms with E-state index >= 15 is 0 Å². The van der Waals surface area contributed by atoms with Gasteiger partial charge in [0.15, 0.2) is 6.10 Å². The van der Waals surface area contributed by atoms with Gasteiger partial charge in [0.2, 0.25) is 0 Å². The van der Waals surface area contributed by atoms with Gasteiger partial charge in [-0.2, -0.15) is 0 Å². The molecule has 4 nitrogen and oxygen atoms in total. The predicted octanol–water partition coefficient (Wildman–Crippen LogP) is 5.46. The predicted molar refractivity (Wildman–Crippen MR) is 121 cm³/mol. The molecule has 4 heteroatoms. The zero-order valence-electron chi connectivity index (χ0n) is 17.3. The quantitative estimate of drug-likeness (QED) is 0.405. The van der Waals surface area contributed by atoms with E-state index in [0.29, 0.717) is 13.0 Å². The minimum Gasteiger partial charge on any atom is -0.479 e. The Labute approximate surface area is 176 Å². The van der Waals surface area contributed by atoms with Gasteiger partial charge in [-0.25, -0.2) is 4.79 Å². The Hall–Kier alpha value is -3.11. The molecule has 1 aromatic heterocycles. The van der Waals surface area contributed by atoms with Crippen molar-refractivity contribution in [2.24, 2.45) is 0 Å². The van der Waals surface area contributed by atoms with E-state index < -0.39 is 12.1 Å². The summed E-state index contributed by atoms with van der Waals surface area (Å²) in [6.07, 6.45) is 1.63. The summed E-state index contributed by atoms with van der Waals surface area (Å²) in [6, 6.07) is 25.4. The Morgan fingerprint density at radius 3 is 2.03 bits per heavy atom. The summed E-state index contributed by atoms with van der Waals surface area (Å²) in [5, 5.41) is 11.9. The van der Waals surface area contributed by atoms with Crippen molar-refractivity contribution in [3.8, 4) is 0 Å². The van der Waals surface area contributed by atoms with Crippen molar-refractivity contribution in [2.75, 3.05) is 6.61 Å². The Kier molecular flexibility index (Phi) is 6.15. The van der Waals surface area contributed by atoms with Crippen LogP contribution in [0.1, 0.15) is 24.5 Å². The Morgan fingerprint density at radius 2 is 1.47 bits per heavy atom. The van der Waals surface area contributed by atoms with Crippen molar-refractivity contribution >= 4 is 27.8 Å². The number of aryl methyl sites for hydroxylation is 2. The summed E-state index contributed by atoms with van der Waals surface area (Å²) in [5.41, 5.74) is 4.82. The molecule has 0 saturated carbocycles. The van der Waals surface area contributed by atoms with Gasteiger partial charge in [0.1, 0.15) is 0 Å². The number of fused-ring (bicyclic) bond motifs is 3. The number of rotatable bonds is 9. The van der Waals surface area contributed by atoms with Gasteiger partial charge in [-0.05, 0) is 43.0 Å². The summed E-state index contributed by atoms with van der Waals surface area (Å²) in [5.74, 6) is -0.910. The molecule has 0 saturated heterocycles. The first-order chi connectivity index (χ1) is 14.7. The molecular formula is C26H27NO3. The Morgan fingerprint density at radius 1 is 0.900 bits per heavy atom. The van der Waals surface area contributed by atoms with Crippen molar-refractivity contribution < 1.29 is 14.6 Å². The third kappa shape index (κ3) is 4.24. The standard InChI is InChI=1S/C26H27NO3/c1-2-30-25(26(28)29)18-20-15-13-19(14-16-20)8-7-17-27-23-11-5-3-9-21(23)22-10-4-6-12-24(22)27/h3-6,9-16,25H,2,7-8,17-18H2,1H3,(H,28,29). The summed E-state index contributed by atoms with van der Waals surface area (Å²) in [7, 11) is 0. The molecule has 30 heavy (non-hydrogen) atoms. The van der Waals surface area contributed by atoms with E-state index in [9.17, 15) is 9.90 Å². The monoisotopic (exact) mass is 401 g/mol. The molecule has 154 valence electrons. The molecule has 1 unspecified atom stereocenters. The van der Waals surface area contributed by atoms with E-state index in [4.69, 9.17) is 4.74 Å². The van der Waals surface area contributed by atoms with Crippen LogP contribution >= 0.6 is 0 Å². The molecule has 1 N–H and O–H groups in total. The van der Waals surface area contributed by atoms with Gasteiger partial charge in [-0.3, -0.25) is 0 Å². The number of hydrogen-bond acceptors (Lipinski definition) is 2. The Bertz CT molecular complexity index is 1090. The van der Waals surface area contributed by atoms with Crippen LogP contribution in [-0.2, 0) is 28.9 Å². The van der Waals surface area contributed by atoms with Crippen molar-refractivity contribution in [2.45, 2.75) is 38.8 Å². The van der Waals surface area contributed by atoms with Gasteiger partial charge < -0.3 is 14.4 Å². The third-order valence-corrected chi connectivity index (χ3v) is 5.61. The summed E-state index contributed by atoms with van der Waals surface area (Å²) >= 11 is 0. The van der Waals surface area contributed by atoms with Crippen LogP contribution in [-0.4, -0.2) is 28.4 Å². The lowest BCUT2D eigenvalue weighted by atomic mass is 10.0. The van der Waals surface area contributed by atoms with Crippen LogP contribution in [0.3, 0.4) is 0 Å². The highest BCUT2D eigenvalue weighted by Crippen LogP contribution is 2.29. The topological polar surface area (TPSA) is 51.5 Å². The van der Waals surface area contributed by atoms with E-state index in [1.54, 1.807) is 0 Å². The fourth-order valence-corrected chi connectivity index (χ4v) is 4.16. The fourth-order valence-electron chi connectivity index (χ4n) is 4.16. The highest BCUT2D eigenvalue weighted by Gasteiger charge is 2.17. The minimum atomic E-state index is -0.910. The average molecular weight is 402 g/mol. The van der Waals surface area contributed by atoms with Crippen molar-refractivity contribution in [1.29, 1.82) is 0 Å². The smallest absolute Gasteiger partial charge is 0.333 e. The molecule has 4 rings (SSSR count). The van der Waals surface area contributed by atoms with Gasteiger partial charge in [-0.15, -0.1) is 0 Å². The second-order valence-corrected chi connectivity index (χ2v) is 7.59. The highest BCUT2D eigenvalue weighted by atomic mass is 16.5. The van der Waals surface area contributed by atoms with Gasteiger partial charge in [0, 0.05) is 41.4 Å². The molecule has 0 aliphatic heterocycles. The molecule has 0 radical (unpaired) electrons. The molecule has 0 spiro atoms. The van der Waals surface area contributed by atoms with Crippen molar-refractivity contribution in [3.63, 3.8) is 0 Å². The van der Waals surface area contributed by atoms with Crippen LogP contribution in [0.25, 0.3) is 21.8 Å². The molecule has 1 heterocycles. The highest BCUT2D eigenvalue weighted by molar-refractivity contribution is 6.07. The summed E-state index contributed by atoms with van der Waals surface area (Å²) in [4.78, 5) is 11.3. The maximum absolute atomic E-state index is 11.3. The first kappa shape index (κ1) is 20.2. The third-order valence-electron chi connectivity index (χ3n) is 5.61. The fraction of sp³-hybridized carbons (Fsp3) is 0.269. The van der Waals surface area contributed by atoms with Gasteiger partial charge in [-0.1, -0.05) is 60.7 Å². The number of carboxylic acid groups (broad SMARTS) is 1. The maximum Gasteiger partial charge on any atom is 0.333 e. The van der Waals surface area contributed by atoms with E-state index in [0.717, 1.165) is 24.9 Å². The number of nitrogens with zero attached hydrogens (tertiary/aromatic N) is 1. The van der Waals surface area contributed by atoms with E-state index in [2.05, 4.69) is 65.2 Å². The number of carboxylic acids is 1. The molecule has 0 bridgehead atoms. The van der Waals surface area contributed by atoms with Gasteiger partial charge >= 0.3 is 5.97 Å². The summed E-state index contributed by atoms with van der Waals surface area (Å²) < 4.78 is 7.73. The number of hydrogen-bond donors (Lipinski definition) is 1. The normalized spacial score (nSPS) is 12.4. The van der Waals surface area contributed by atoms with Crippen LogP contribution in [0, 0.1) is 0 Å². The van der Waals surface area contributed by atoms with E-state index in [1.165, 1.54) is 27.4 Å². The molecule has 0 amide bonds. The van der Waals surface area contributed by atoms with Crippen LogP contribution in [0.15, 0.2) is 72.8 Å². The van der Waals surface area contributed by atoms with E-state index in [-0.39, 0.29) is 0 Å². The zero-order valence-corrected chi connectivity index (χ0v) is 17.3. The lowest BCUT2D eigenvalue weighted by Crippen LogP contribution is -2.26. The SMILES string of the molecule is CCOC(Cc1ccc(CCCn2c3ccccc3c3ccccc32)cc1)C(=O)O. The number of ether oxygens (including phenoxy) is 1. The lowest BCUT2D eigenvalue weighted by Gasteiger charge is -2.13. The maximum atomic E-state index is 11.3. The average Bonchev–Trinajstić information content (AvgIpc) is 3.09. The van der Waals surface area contributed by atoms with Crippen LogP contribution in [0.5, 0.6) is 0 Å². The number of benzene rings is 3. The van der Waals surface area contributed by atoms with Crippen LogP contribution < -0.4 is 0 Å². The molecule has 4 aromatic rings. The molecule has 1 atom stereocenters. The lowest BCUT2D eigenvalue weighted by molar-refractivity contribution is -0.149. The number of carbonyl (C=O) groups is 1. The second kappa shape index (κ2) is 9.14. The van der Waals surface area contributed by atoms with Crippen LogP contribution in [0.2, 0.25) is 0 Å². The van der Waals surface area contributed by atoms with Gasteiger partial charge in [0.05, 0.1) is 0 Å². The van der Waals surface area contributed by atoms with Crippen molar-refractivity contribution in [3.05, 3.63) is 83.9 Å². The Balaban J connectivity index is 1.43. The largest absolute Gasteiger partial charge is 0.479 e.